The van der Waals surface area contributed by atoms with E-state index in [1.165, 1.54) is 12.1 Å². The minimum absolute atomic E-state index is 0.0316. The van der Waals surface area contributed by atoms with Gasteiger partial charge in [-0.15, -0.1) is 0 Å². The molecule has 0 N–H and O–H groups in total. The maximum atomic E-state index is 12.4. The van der Waals surface area contributed by atoms with E-state index in [0.29, 0.717) is 5.56 Å². The topological polar surface area (TPSA) is 63.5 Å². The number of amides is 1. The van der Waals surface area contributed by atoms with Crippen LogP contribution in [0.3, 0.4) is 0 Å². The molecule has 102 valence electrons. The molecule has 0 bridgehead atoms. The maximum absolute atomic E-state index is 12.4. The van der Waals surface area contributed by atoms with Gasteiger partial charge in [0.05, 0.1) is 4.92 Å². The van der Waals surface area contributed by atoms with Crippen molar-refractivity contribution in [3.63, 3.8) is 0 Å². The number of carbonyl (C=O) groups excluding carboxylic acids is 1. The van der Waals surface area contributed by atoms with Crippen LogP contribution in [-0.4, -0.2) is 28.3 Å². The van der Waals surface area contributed by atoms with E-state index in [9.17, 15) is 14.9 Å². The maximum Gasteiger partial charge on any atom is 0.270 e. The number of rotatable bonds is 3. The van der Waals surface area contributed by atoms with Gasteiger partial charge in [-0.3, -0.25) is 14.9 Å². The molecule has 1 unspecified atom stereocenters. The fourth-order valence-electron chi connectivity index (χ4n) is 2.61. The molecule has 1 heterocycles. The number of piperidine rings is 1. The van der Waals surface area contributed by atoms with Crippen molar-refractivity contribution in [2.75, 3.05) is 6.54 Å². The van der Waals surface area contributed by atoms with E-state index in [-0.39, 0.29) is 17.6 Å². The first-order valence-electron chi connectivity index (χ1n) is 6.69. The smallest absolute Gasteiger partial charge is 0.270 e. The predicted octanol–water partition coefficient (Wildman–Crippen LogP) is 3.00. The molecule has 0 aromatic heterocycles. The number of non-ortho nitro benzene ring substituents is 1. The Labute approximate surface area is 112 Å². The highest BCUT2D eigenvalue weighted by Gasteiger charge is 2.26. The largest absolute Gasteiger partial charge is 0.336 e. The van der Waals surface area contributed by atoms with Gasteiger partial charge in [-0.25, -0.2) is 0 Å². The SMILES string of the molecule is CCC1CCCCN1C(=O)c1cccc([N+](=O)[O-])c1. The van der Waals surface area contributed by atoms with Gasteiger partial charge in [-0.05, 0) is 31.7 Å². The molecule has 1 aromatic carbocycles. The second-order valence-corrected chi connectivity index (χ2v) is 4.86. The molecule has 5 nitrogen and oxygen atoms in total. The number of carbonyl (C=O) groups is 1. The number of likely N-dealkylation sites (tertiary alicyclic amines) is 1. The normalized spacial score (nSPS) is 19.2. The molecular formula is C14H18N2O3. The summed E-state index contributed by atoms with van der Waals surface area (Å²) in [6, 6.07) is 6.25. The Kier molecular flexibility index (Phi) is 4.14. The lowest BCUT2D eigenvalue weighted by molar-refractivity contribution is -0.384. The lowest BCUT2D eigenvalue weighted by Crippen LogP contribution is -2.43. The zero-order valence-corrected chi connectivity index (χ0v) is 11.0. The van der Waals surface area contributed by atoms with E-state index in [1.807, 2.05) is 4.90 Å². The Morgan fingerprint density at radius 1 is 1.47 bits per heavy atom. The van der Waals surface area contributed by atoms with Gasteiger partial charge >= 0.3 is 0 Å². The first-order chi connectivity index (χ1) is 9.13. The van der Waals surface area contributed by atoms with Crippen LogP contribution in [0.5, 0.6) is 0 Å². The number of hydrogen-bond donors (Lipinski definition) is 0. The van der Waals surface area contributed by atoms with Crippen LogP contribution in [0.4, 0.5) is 5.69 Å². The molecule has 0 aliphatic carbocycles. The summed E-state index contributed by atoms with van der Waals surface area (Å²) in [6.07, 6.45) is 4.12. The highest BCUT2D eigenvalue weighted by atomic mass is 16.6. The highest BCUT2D eigenvalue weighted by molar-refractivity contribution is 5.95. The summed E-state index contributed by atoms with van der Waals surface area (Å²) in [5.41, 5.74) is 0.380. The van der Waals surface area contributed by atoms with E-state index in [4.69, 9.17) is 0 Å². The minimum atomic E-state index is -0.468. The average Bonchev–Trinajstić information content (AvgIpc) is 2.46. The Bertz CT molecular complexity index is 487. The van der Waals surface area contributed by atoms with E-state index in [0.717, 1.165) is 32.2 Å². The summed E-state index contributed by atoms with van der Waals surface area (Å²) in [5, 5.41) is 10.8. The van der Waals surface area contributed by atoms with Crippen molar-refractivity contribution >= 4 is 11.6 Å². The van der Waals surface area contributed by atoms with Crippen LogP contribution in [0.2, 0.25) is 0 Å². The zero-order chi connectivity index (χ0) is 13.8. The molecule has 1 aliphatic rings. The monoisotopic (exact) mass is 262 g/mol. The summed E-state index contributed by atoms with van der Waals surface area (Å²) >= 11 is 0. The molecule has 0 saturated carbocycles. The second kappa shape index (κ2) is 5.82. The van der Waals surface area contributed by atoms with Crippen LogP contribution < -0.4 is 0 Å². The van der Waals surface area contributed by atoms with Gasteiger partial charge in [0.2, 0.25) is 0 Å². The second-order valence-electron chi connectivity index (χ2n) is 4.86. The Morgan fingerprint density at radius 3 is 2.95 bits per heavy atom. The van der Waals surface area contributed by atoms with E-state index in [1.54, 1.807) is 12.1 Å². The van der Waals surface area contributed by atoms with Crippen LogP contribution in [0.15, 0.2) is 24.3 Å². The summed E-state index contributed by atoms with van der Waals surface area (Å²) < 4.78 is 0. The van der Waals surface area contributed by atoms with Crippen LogP contribution in [0.1, 0.15) is 43.0 Å². The molecule has 1 saturated heterocycles. The number of hydrogen-bond acceptors (Lipinski definition) is 3. The van der Waals surface area contributed by atoms with E-state index < -0.39 is 4.92 Å². The van der Waals surface area contributed by atoms with Crippen molar-refractivity contribution < 1.29 is 9.72 Å². The lowest BCUT2D eigenvalue weighted by Gasteiger charge is -2.35. The quantitative estimate of drug-likeness (QED) is 0.621. The molecule has 19 heavy (non-hydrogen) atoms. The molecule has 2 rings (SSSR count). The fraction of sp³-hybridized carbons (Fsp3) is 0.500. The lowest BCUT2D eigenvalue weighted by atomic mass is 9.99. The minimum Gasteiger partial charge on any atom is -0.336 e. The molecule has 0 spiro atoms. The number of nitro groups is 1. The first kappa shape index (κ1) is 13.5. The molecule has 0 radical (unpaired) electrons. The van der Waals surface area contributed by atoms with Gasteiger partial charge in [-0.1, -0.05) is 13.0 Å². The van der Waals surface area contributed by atoms with Crippen molar-refractivity contribution in [2.24, 2.45) is 0 Å². The molecule has 5 heteroatoms. The summed E-state index contributed by atoms with van der Waals surface area (Å²) in [4.78, 5) is 24.6. The number of benzene rings is 1. The fourth-order valence-corrected chi connectivity index (χ4v) is 2.61. The summed E-state index contributed by atoms with van der Waals surface area (Å²) in [7, 11) is 0. The van der Waals surface area contributed by atoms with Crippen LogP contribution in [0, 0.1) is 10.1 Å². The van der Waals surface area contributed by atoms with Gasteiger partial charge in [0, 0.05) is 30.3 Å². The molecule has 1 aromatic rings. The molecular weight excluding hydrogens is 244 g/mol. The van der Waals surface area contributed by atoms with Gasteiger partial charge in [-0.2, -0.15) is 0 Å². The van der Waals surface area contributed by atoms with Crippen LogP contribution in [-0.2, 0) is 0 Å². The molecule has 1 amide bonds. The highest BCUT2D eigenvalue weighted by Crippen LogP contribution is 2.23. The molecule has 1 fully saturated rings. The van der Waals surface area contributed by atoms with Gasteiger partial charge in [0.25, 0.3) is 11.6 Å². The number of nitro benzene ring substituents is 1. The van der Waals surface area contributed by atoms with Gasteiger partial charge in [0.15, 0.2) is 0 Å². The standard InChI is InChI=1S/C14H18N2O3/c1-2-12-7-3-4-9-15(12)14(17)11-6-5-8-13(10-11)16(18)19/h5-6,8,10,12H,2-4,7,9H2,1H3. The van der Waals surface area contributed by atoms with Crippen molar-refractivity contribution in [1.82, 2.24) is 4.90 Å². The van der Waals surface area contributed by atoms with Crippen LogP contribution >= 0.6 is 0 Å². The van der Waals surface area contributed by atoms with Gasteiger partial charge < -0.3 is 4.90 Å². The third kappa shape index (κ3) is 2.92. The van der Waals surface area contributed by atoms with E-state index >= 15 is 0 Å². The Hall–Kier alpha value is -1.91. The Balaban J connectivity index is 2.22. The molecule has 1 atom stereocenters. The van der Waals surface area contributed by atoms with Crippen molar-refractivity contribution in [3.8, 4) is 0 Å². The Morgan fingerprint density at radius 2 is 2.26 bits per heavy atom. The molecule has 1 aliphatic heterocycles. The predicted molar refractivity (Wildman–Crippen MR) is 72.1 cm³/mol. The van der Waals surface area contributed by atoms with Crippen molar-refractivity contribution in [2.45, 2.75) is 38.6 Å². The average molecular weight is 262 g/mol. The third-order valence-corrected chi connectivity index (χ3v) is 3.66. The van der Waals surface area contributed by atoms with Crippen molar-refractivity contribution in [3.05, 3.63) is 39.9 Å². The summed E-state index contributed by atoms with van der Waals surface area (Å²) in [5.74, 6) is -0.0877. The van der Waals surface area contributed by atoms with Gasteiger partial charge in [0.1, 0.15) is 0 Å². The first-order valence-corrected chi connectivity index (χ1v) is 6.69. The zero-order valence-electron chi connectivity index (χ0n) is 11.0. The number of nitrogens with zero attached hydrogens (tertiary/aromatic N) is 2. The van der Waals surface area contributed by atoms with E-state index in [2.05, 4.69) is 6.92 Å². The van der Waals surface area contributed by atoms with Crippen molar-refractivity contribution in [1.29, 1.82) is 0 Å². The van der Waals surface area contributed by atoms with Crippen LogP contribution in [0.25, 0.3) is 0 Å². The summed E-state index contributed by atoms with van der Waals surface area (Å²) in [6.45, 7) is 2.82. The third-order valence-electron chi connectivity index (χ3n) is 3.66.